The van der Waals surface area contributed by atoms with Crippen molar-refractivity contribution in [2.45, 2.75) is 25.1 Å². The summed E-state index contributed by atoms with van der Waals surface area (Å²) in [7, 11) is 0. The van der Waals surface area contributed by atoms with E-state index in [2.05, 4.69) is 0 Å². The van der Waals surface area contributed by atoms with Gasteiger partial charge in [-0.3, -0.25) is 0 Å². The first-order valence-corrected chi connectivity index (χ1v) is 5.21. The first-order chi connectivity index (χ1) is 7.88. The van der Waals surface area contributed by atoms with Crippen LogP contribution in [-0.2, 0) is 6.18 Å². The number of halogens is 4. The Labute approximate surface area is 95.9 Å². The highest BCUT2D eigenvalue weighted by molar-refractivity contribution is 5.68. The van der Waals surface area contributed by atoms with Crippen LogP contribution < -0.4 is 5.73 Å². The number of benzene rings is 1. The predicted octanol–water partition coefficient (Wildman–Crippen LogP) is 3.35. The zero-order chi connectivity index (χ0) is 12.6. The molecule has 2 rings (SSSR count). The number of allylic oxidation sites excluding steroid dienone is 1. The van der Waals surface area contributed by atoms with Crippen LogP contribution in [0.15, 0.2) is 24.3 Å². The van der Waals surface area contributed by atoms with Gasteiger partial charge in [-0.2, -0.15) is 13.2 Å². The number of alkyl halides is 3. The Kier molecular flexibility index (Phi) is 2.95. The molecule has 0 fully saturated rings. The Morgan fingerprint density at radius 1 is 1.24 bits per heavy atom. The van der Waals surface area contributed by atoms with E-state index < -0.39 is 17.6 Å². The summed E-state index contributed by atoms with van der Waals surface area (Å²) in [6, 6.07) is 2.93. The summed E-state index contributed by atoms with van der Waals surface area (Å²) in [4.78, 5) is 0. The van der Waals surface area contributed by atoms with Gasteiger partial charge in [0.2, 0.25) is 0 Å². The molecule has 0 spiro atoms. The van der Waals surface area contributed by atoms with Crippen LogP contribution in [-0.4, -0.2) is 6.04 Å². The van der Waals surface area contributed by atoms with Crippen LogP contribution in [0.1, 0.15) is 24.0 Å². The molecule has 0 saturated heterocycles. The quantitative estimate of drug-likeness (QED) is 0.754. The molecular formula is C12H11F4N. The van der Waals surface area contributed by atoms with Crippen LogP contribution in [0.3, 0.4) is 0 Å². The molecule has 1 unspecified atom stereocenters. The molecular weight excluding hydrogens is 234 g/mol. The average molecular weight is 245 g/mol. The number of rotatable bonds is 1. The van der Waals surface area contributed by atoms with E-state index >= 15 is 0 Å². The molecule has 1 aromatic carbocycles. The molecule has 1 aliphatic carbocycles. The Morgan fingerprint density at radius 3 is 2.47 bits per heavy atom. The molecule has 92 valence electrons. The molecule has 1 aliphatic rings. The fourth-order valence-electron chi connectivity index (χ4n) is 1.93. The zero-order valence-corrected chi connectivity index (χ0v) is 8.89. The van der Waals surface area contributed by atoms with Crippen molar-refractivity contribution in [1.29, 1.82) is 0 Å². The molecule has 0 bridgehead atoms. The monoisotopic (exact) mass is 245 g/mol. The first-order valence-electron chi connectivity index (χ1n) is 5.21. The summed E-state index contributed by atoms with van der Waals surface area (Å²) in [5, 5.41) is 0. The van der Waals surface area contributed by atoms with Gasteiger partial charge in [-0.05, 0) is 36.1 Å². The molecule has 0 saturated carbocycles. The van der Waals surface area contributed by atoms with Gasteiger partial charge in [0.05, 0.1) is 5.56 Å². The summed E-state index contributed by atoms with van der Waals surface area (Å²) in [5.41, 5.74) is 5.57. The third-order valence-electron chi connectivity index (χ3n) is 2.80. The van der Waals surface area contributed by atoms with Crippen LogP contribution in [0.25, 0.3) is 5.57 Å². The van der Waals surface area contributed by atoms with Crippen molar-refractivity contribution in [1.82, 2.24) is 0 Å². The van der Waals surface area contributed by atoms with E-state index in [-0.39, 0.29) is 6.04 Å². The van der Waals surface area contributed by atoms with Crippen LogP contribution in [0.4, 0.5) is 17.6 Å². The number of nitrogens with two attached hydrogens (primary N) is 1. The molecule has 0 aliphatic heterocycles. The highest BCUT2D eigenvalue weighted by Gasteiger charge is 2.34. The molecule has 1 aromatic rings. The van der Waals surface area contributed by atoms with Gasteiger partial charge in [0.25, 0.3) is 0 Å². The maximum Gasteiger partial charge on any atom is 0.419 e. The van der Waals surface area contributed by atoms with Gasteiger partial charge >= 0.3 is 6.18 Å². The zero-order valence-electron chi connectivity index (χ0n) is 8.89. The van der Waals surface area contributed by atoms with E-state index in [1.165, 1.54) is 6.07 Å². The lowest BCUT2D eigenvalue weighted by Crippen LogP contribution is -2.11. The molecule has 2 N–H and O–H groups in total. The van der Waals surface area contributed by atoms with Gasteiger partial charge in [-0.1, -0.05) is 12.1 Å². The second kappa shape index (κ2) is 4.14. The van der Waals surface area contributed by atoms with Crippen LogP contribution >= 0.6 is 0 Å². The maximum atomic E-state index is 13.1. The van der Waals surface area contributed by atoms with Gasteiger partial charge in [0, 0.05) is 6.04 Å². The minimum Gasteiger partial charge on any atom is -0.324 e. The molecule has 0 heterocycles. The smallest absolute Gasteiger partial charge is 0.324 e. The third kappa shape index (κ3) is 2.49. The lowest BCUT2D eigenvalue weighted by atomic mass is 10.0. The molecule has 0 radical (unpaired) electrons. The van der Waals surface area contributed by atoms with E-state index in [0.29, 0.717) is 18.4 Å². The summed E-state index contributed by atoms with van der Waals surface area (Å²) in [6.45, 7) is 0. The van der Waals surface area contributed by atoms with E-state index in [9.17, 15) is 17.6 Å². The van der Waals surface area contributed by atoms with Crippen LogP contribution in [0.5, 0.6) is 0 Å². The van der Waals surface area contributed by atoms with Crippen LogP contribution in [0.2, 0.25) is 0 Å². The lowest BCUT2D eigenvalue weighted by molar-refractivity contribution is -0.140. The second-order valence-electron chi connectivity index (χ2n) is 4.09. The third-order valence-corrected chi connectivity index (χ3v) is 2.80. The molecule has 1 nitrogen and oxygen atoms in total. The minimum absolute atomic E-state index is 0.121. The van der Waals surface area contributed by atoms with Crippen molar-refractivity contribution in [3.05, 3.63) is 41.2 Å². The second-order valence-corrected chi connectivity index (χ2v) is 4.09. The molecule has 17 heavy (non-hydrogen) atoms. The molecule has 0 aromatic heterocycles. The van der Waals surface area contributed by atoms with E-state index in [0.717, 1.165) is 17.7 Å². The SMILES string of the molecule is NC1C=C(c2ccc(F)c(C(F)(F)F)c2)CC1. The number of hydrogen-bond acceptors (Lipinski definition) is 1. The Hall–Kier alpha value is -1.36. The lowest BCUT2D eigenvalue weighted by Gasteiger charge is -2.10. The van der Waals surface area contributed by atoms with Crippen molar-refractivity contribution >= 4 is 5.57 Å². The minimum atomic E-state index is -4.67. The van der Waals surface area contributed by atoms with Crippen molar-refractivity contribution in [3.8, 4) is 0 Å². The maximum absolute atomic E-state index is 13.1. The van der Waals surface area contributed by atoms with E-state index in [1.54, 1.807) is 6.08 Å². The van der Waals surface area contributed by atoms with Gasteiger partial charge in [-0.25, -0.2) is 4.39 Å². The highest BCUT2D eigenvalue weighted by Crippen LogP contribution is 2.35. The summed E-state index contributed by atoms with van der Waals surface area (Å²) in [5.74, 6) is -1.25. The van der Waals surface area contributed by atoms with Crippen molar-refractivity contribution in [2.75, 3.05) is 0 Å². The largest absolute Gasteiger partial charge is 0.419 e. The van der Waals surface area contributed by atoms with Gasteiger partial charge < -0.3 is 5.73 Å². The molecule has 0 amide bonds. The fraction of sp³-hybridized carbons (Fsp3) is 0.333. The normalized spacial score (nSPS) is 20.5. The Bertz CT molecular complexity index is 462. The first kappa shape index (κ1) is 12.1. The Morgan fingerprint density at radius 2 is 1.94 bits per heavy atom. The summed E-state index contributed by atoms with van der Waals surface area (Å²) >= 11 is 0. The van der Waals surface area contributed by atoms with Gasteiger partial charge in [0.1, 0.15) is 5.82 Å². The average Bonchev–Trinajstić information content (AvgIpc) is 2.64. The van der Waals surface area contributed by atoms with E-state index in [4.69, 9.17) is 5.73 Å². The van der Waals surface area contributed by atoms with Crippen molar-refractivity contribution in [2.24, 2.45) is 5.73 Å². The standard InChI is InChI=1S/C12H11F4N/c13-11-4-2-8(6-10(11)12(14,15)16)7-1-3-9(17)5-7/h2,4-6,9H,1,3,17H2. The Balaban J connectivity index is 2.42. The number of hydrogen-bond donors (Lipinski definition) is 1. The van der Waals surface area contributed by atoms with E-state index in [1.807, 2.05) is 0 Å². The van der Waals surface area contributed by atoms with Gasteiger partial charge in [0.15, 0.2) is 0 Å². The van der Waals surface area contributed by atoms with Crippen LogP contribution in [0, 0.1) is 5.82 Å². The highest BCUT2D eigenvalue weighted by atomic mass is 19.4. The topological polar surface area (TPSA) is 26.0 Å². The van der Waals surface area contributed by atoms with Crippen molar-refractivity contribution < 1.29 is 17.6 Å². The predicted molar refractivity (Wildman–Crippen MR) is 56.6 cm³/mol. The molecule has 5 heteroatoms. The van der Waals surface area contributed by atoms with Gasteiger partial charge in [-0.15, -0.1) is 0 Å². The molecule has 1 atom stereocenters. The fourth-order valence-corrected chi connectivity index (χ4v) is 1.93. The summed E-state index contributed by atoms with van der Waals surface area (Å²) < 4.78 is 50.6. The van der Waals surface area contributed by atoms with Crippen molar-refractivity contribution in [3.63, 3.8) is 0 Å². The summed E-state index contributed by atoms with van der Waals surface area (Å²) in [6.07, 6.45) is -1.59.